The number of anilines is 1. The molecule has 13 heteroatoms. The molecule has 0 saturated heterocycles. The van der Waals surface area contributed by atoms with Crippen molar-refractivity contribution in [3.05, 3.63) is 83.7 Å². The molecule has 6 rings (SSSR count). The Labute approximate surface area is 290 Å². The van der Waals surface area contributed by atoms with Crippen molar-refractivity contribution in [3.63, 3.8) is 0 Å². The molecule has 2 aromatic carbocycles. The molecular weight excluding hydrogens is 691 g/mol. The van der Waals surface area contributed by atoms with Crippen LogP contribution in [0, 0.1) is 10.1 Å². The molecule has 4 aromatic rings. The Balaban J connectivity index is 0.000000308. The van der Waals surface area contributed by atoms with Gasteiger partial charge >= 0.3 is 12.1 Å². The number of non-ortho nitro benzene ring substituents is 1. The first-order valence-corrected chi connectivity index (χ1v) is 14.9. The second-order valence-electron chi connectivity index (χ2n) is 11.4. The van der Waals surface area contributed by atoms with E-state index in [1.807, 2.05) is 43.3 Å². The van der Waals surface area contributed by atoms with Gasteiger partial charge in [0.2, 0.25) is 0 Å². The second kappa shape index (κ2) is 17.5. The Morgan fingerprint density at radius 1 is 0.787 bits per heavy atom. The van der Waals surface area contributed by atoms with Gasteiger partial charge < -0.3 is 15.5 Å². The zero-order valence-electron chi connectivity index (χ0n) is 25.4. The molecule has 47 heavy (non-hydrogen) atoms. The molecule has 2 fully saturated rings. The van der Waals surface area contributed by atoms with Crippen LogP contribution in [0.2, 0.25) is 0 Å². The zero-order chi connectivity index (χ0) is 31.2. The number of nitro benzene ring substituents is 1. The molecule has 2 aliphatic rings. The first-order chi connectivity index (χ1) is 21.2. The van der Waals surface area contributed by atoms with E-state index in [9.17, 15) is 19.7 Å². The van der Waals surface area contributed by atoms with Gasteiger partial charge in [0.15, 0.2) is 0 Å². The summed E-state index contributed by atoms with van der Waals surface area (Å²) in [6.07, 6.45) is 15.4. The Bertz CT molecular complexity index is 1630. The Morgan fingerprint density at radius 3 is 1.64 bits per heavy atom. The molecule has 2 heterocycles. The van der Waals surface area contributed by atoms with Crippen LogP contribution in [0.3, 0.4) is 0 Å². The topological polar surface area (TPSA) is 145 Å². The largest absolute Gasteiger partial charge is 0.399 e. The van der Waals surface area contributed by atoms with Crippen LogP contribution in [0.1, 0.15) is 66.2 Å². The summed E-state index contributed by atoms with van der Waals surface area (Å²) in [4.78, 5) is 47.5. The van der Waals surface area contributed by atoms with Crippen molar-refractivity contribution < 1.29 is 34.9 Å². The van der Waals surface area contributed by atoms with Crippen molar-refractivity contribution in [1.82, 2.24) is 28.9 Å². The van der Waals surface area contributed by atoms with Gasteiger partial charge in [-0.05, 0) is 37.8 Å². The quantitative estimate of drug-likeness (QED) is 0.0964. The van der Waals surface area contributed by atoms with E-state index in [0.29, 0.717) is 23.0 Å². The average Bonchev–Trinajstić information content (AvgIpc) is 3.87. The average molecular weight is 737 g/mol. The number of nitro groups is 1. The summed E-state index contributed by atoms with van der Waals surface area (Å²) in [5.41, 5.74) is 9.33. The number of amides is 2. The number of aromatic nitrogens is 4. The first kappa shape index (κ1) is 38.8. The van der Waals surface area contributed by atoms with Crippen LogP contribution in [0.4, 0.5) is 21.0 Å². The third-order valence-corrected chi connectivity index (χ3v) is 8.49. The summed E-state index contributed by atoms with van der Waals surface area (Å²) in [6.45, 7) is 0. The van der Waals surface area contributed by atoms with Gasteiger partial charge in [-0.25, -0.2) is 19.6 Å². The first-order valence-electron chi connectivity index (χ1n) is 14.9. The number of carbonyl (C=O) groups is 2. The molecule has 2 amide bonds. The molecule has 0 unspecified atom stereocenters. The Kier molecular flexibility index (Phi) is 14.5. The third-order valence-electron chi connectivity index (χ3n) is 8.49. The summed E-state index contributed by atoms with van der Waals surface area (Å²) in [5, 5.41) is 10.9. The van der Waals surface area contributed by atoms with Crippen molar-refractivity contribution in [2.75, 3.05) is 19.8 Å². The molecular formula is C34H46N8O4Pd. The van der Waals surface area contributed by atoms with E-state index < -0.39 is 4.92 Å². The predicted octanol–water partition coefficient (Wildman–Crippen LogP) is 7.55. The van der Waals surface area contributed by atoms with E-state index in [0.717, 1.165) is 49.8 Å². The maximum Gasteiger partial charge on any atom is 0.329 e. The fourth-order valence-electron chi connectivity index (χ4n) is 5.89. The summed E-state index contributed by atoms with van der Waals surface area (Å²) in [6, 6.07) is 14.2. The van der Waals surface area contributed by atoms with Crippen LogP contribution < -0.4 is 5.73 Å². The minimum atomic E-state index is -0.445. The van der Waals surface area contributed by atoms with Crippen molar-refractivity contribution in [3.8, 4) is 22.5 Å². The van der Waals surface area contributed by atoms with Gasteiger partial charge in [0.05, 0.1) is 16.3 Å². The Hall–Kier alpha value is -4.34. The molecule has 2 aromatic heterocycles. The number of hydrogen-bond acceptors (Lipinski definition) is 7. The summed E-state index contributed by atoms with van der Waals surface area (Å²) < 4.78 is 2.99. The SMILES string of the molecule is C.C.CN(C(=O)n1cnc(-c2cccc(N)c2)c1)C1CCCC1.CN(C(=O)n1cnc(-c2cccc([N+](=O)[O-])c2)c1)C1CCCC1.[Pd]. The molecule has 0 bridgehead atoms. The summed E-state index contributed by atoms with van der Waals surface area (Å²) in [5.74, 6) is 0. The van der Waals surface area contributed by atoms with Gasteiger partial charge in [-0.2, -0.15) is 0 Å². The minimum absolute atomic E-state index is 0. The van der Waals surface area contributed by atoms with Crippen molar-refractivity contribution in [2.24, 2.45) is 0 Å². The number of nitrogens with two attached hydrogens (primary N) is 1. The number of imidazole rings is 2. The van der Waals surface area contributed by atoms with E-state index in [-0.39, 0.29) is 59.1 Å². The van der Waals surface area contributed by atoms with Crippen LogP contribution in [-0.2, 0) is 20.4 Å². The molecule has 0 radical (unpaired) electrons. The standard InChI is InChI=1S/C16H18N4O3.C16H20N4O.2CH4.Pd/c1-18(13-6-2-3-7-13)16(21)19-10-15(17-11-19)12-5-4-8-14(9-12)20(22)23;1-19(14-7-2-3-8-14)16(21)20-10-15(18-11-20)12-5-4-6-13(17)9-12;;;/h4-5,8-11,13H,2-3,6-7H2,1H3;4-6,9-11,14H,2-3,7-8,17H2,1H3;2*1H4;. The van der Waals surface area contributed by atoms with Gasteiger partial charge in [-0.15, -0.1) is 0 Å². The van der Waals surface area contributed by atoms with Gasteiger partial charge in [-0.3, -0.25) is 19.2 Å². The van der Waals surface area contributed by atoms with Crippen LogP contribution >= 0.6 is 0 Å². The molecule has 2 saturated carbocycles. The zero-order valence-corrected chi connectivity index (χ0v) is 27.0. The van der Waals surface area contributed by atoms with Crippen molar-refractivity contribution in [2.45, 2.75) is 78.3 Å². The van der Waals surface area contributed by atoms with Crippen LogP contribution in [0.25, 0.3) is 22.5 Å². The number of benzene rings is 2. The van der Waals surface area contributed by atoms with Gasteiger partial charge in [0.25, 0.3) is 5.69 Å². The molecule has 2 aliphatic carbocycles. The molecule has 2 N–H and O–H groups in total. The van der Waals surface area contributed by atoms with Gasteiger partial charge in [-0.1, -0.05) is 64.8 Å². The maximum atomic E-state index is 12.5. The number of nitrogens with zero attached hydrogens (tertiary/aromatic N) is 7. The van der Waals surface area contributed by atoms with E-state index >= 15 is 0 Å². The molecule has 12 nitrogen and oxygen atoms in total. The number of carbonyl (C=O) groups excluding carboxylic acids is 2. The van der Waals surface area contributed by atoms with E-state index in [2.05, 4.69) is 9.97 Å². The molecule has 0 atom stereocenters. The smallest absolute Gasteiger partial charge is 0.329 e. The van der Waals surface area contributed by atoms with Gasteiger partial charge in [0.1, 0.15) is 12.7 Å². The predicted molar refractivity (Wildman–Crippen MR) is 181 cm³/mol. The fourth-order valence-corrected chi connectivity index (χ4v) is 5.89. The van der Waals surface area contributed by atoms with E-state index in [1.54, 1.807) is 40.3 Å². The van der Waals surface area contributed by atoms with Crippen LogP contribution in [0.15, 0.2) is 73.6 Å². The number of rotatable bonds is 5. The van der Waals surface area contributed by atoms with E-state index in [4.69, 9.17) is 5.73 Å². The maximum absolute atomic E-state index is 12.5. The minimum Gasteiger partial charge on any atom is -0.399 e. The van der Waals surface area contributed by atoms with E-state index in [1.165, 1.54) is 35.9 Å². The summed E-state index contributed by atoms with van der Waals surface area (Å²) in [7, 11) is 3.68. The summed E-state index contributed by atoms with van der Waals surface area (Å²) >= 11 is 0. The van der Waals surface area contributed by atoms with Crippen molar-refractivity contribution in [1.29, 1.82) is 0 Å². The van der Waals surface area contributed by atoms with Crippen LogP contribution in [-0.4, -0.2) is 72.1 Å². The number of nitrogen functional groups attached to an aromatic ring is 1. The normalized spacial score (nSPS) is 14.1. The molecule has 256 valence electrons. The van der Waals surface area contributed by atoms with Crippen LogP contribution in [0.5, 0.6) is 0 Å². The second-order valence-corrected chi connectivity index (χ2v) is 11.4. The van der Waals surface area contributed by atoms with Gasteiger partial charge in [0, 0.05) is 87.9 Å². The fraction of sp³-hybridized carbons (Fsp3) is 0.412. The number of hydrogen-bond donors (Lipinski definition) is 1. The Morgan fingerprint density at radius 2 is 1.21 bits per heavy atom. The monoisotopic (exact) mass is 736 g/mol. The molecule has 0 spiro atoms. The third kappa shape index (κ3) is 9.36. The molecule has 0 aliphatic heterocycles. The van der Waals surface area contributed by atoms with Crippen molar-refractivity contribution >= 4 is 23.4 Å².